The molecule has 0 amide bonds. The zero-order valence-corrected chi connectivity index (χ0v) is 5.09. The summed E-state index contributed by atoms with van der Waals surface area (Å²) in [4.78, 5) is 0. The number of nitrogens with two attached hydrogens (primary N) is 2. The molecule has 0 spiro atoms. The third-order valence-electron chi connectivity index (χ3n) is 0.489. The number of rotatable bonds is 4. The van der Waals surface area contributed by atoms with Crippen LogP contribution < -0.4 is 11.5 Å². The minimum atomic E-state index is -0.0370. The normalized spacial score (nSPS) is 7.56. The van der Waals surface area contributed by atoms with Gasteiger partial charge in [-0.2, -0.15) is 0 Å². The van der Waals surface area contributed by atoms with Crippen molar-refractivity contribution in [3.8, 4) is 0 Å². The molecule has 0 radical (unpaired) electrons. The van der Waals surface area contributed by atoms with Crippen LogP contribution in [-0.2, 0) is 9.31 Å². The molecule has 0 aliphatic heterocycles. The summed E-state index contributed by atoms with van der Waals surface area (Å²) in [5.41, 5.74) is 10.0. The lowest BCUT2D eigenvalue weighted by Crippen LogP contribution is -2.11. The second kappa shape index (κ2) is 3.71. The van der Waals surface area contributed by atoms with E-state index in [4.69, 9.17) is 11.5 Å². The van der Waals surface area contributed by atoms with E-state index in [1.54, 1.807) is 0 Å². The van der Waals surface area contributed by atoms with Crippen LogP contribution >= 0.6 is 0 Å². The summed E-state index contributed by atoms with van der Waals surface area (Å²) >= 11 is 0. The molecule has 50 valence electrons. The van der Waals surface area contributed by atoms with E-state index in [9.17, 15) is 0 Å². The molecule has 0 aliphatic rings. The van der Waals surface area contributed by atoms with E-state index in [2.05, 4.69) is 22.5 Å². The standard InChI is InChI=1S/C4H9BN2O2/c1-3(6)8-5-9-4(2)7/h5H,1-2,6-7H2. The van der Waals surface area contributed by atoms with E-state index in [-0.39, 0.29) is 19.5 Å². The second-order valence-electron chi connectivity index (χ2n) is 1.34. The molecule has 4 nitrogen and oxygen atoms in total. The highest BCUT2D eigenvalue weighted by Gasteiger charge is 1.92. The van der Waals surface area contributed by atoms with Gasteiger partial charge < -0.3 is 20.8 Å². The Labute approximate surface area is 54.4 Å². The summed E-state index contributed by atoms with van der Waals surface area (Å²) in [6, 6.07) is 0. The van der Waals surface area contributed by atoms with Gasteiger partial charge in [0.1, 0.15) is 0 Å². The Morgan fingerprint density at radius 1 is 1.11 bits per heavy atom. The smallest absolute Gasteiger partial charge is 0.517 e. The van der Waals surface area contributed by atoms with Crippen molar-refractivity contribution < 1.29 is 9.31 Å². The summed E-state index contributed by atoms with van der Waals surface area (Å²) in [5.74, 6) is 0.188. The fourth-order valence-electron chi connectivity index (χ4n) is 0.181. The molecule has 0 aliphatic carbocycles. The molecule has 0 bridgehead atoms. The van der Waals surface area contributed by atoms with Gasteiger partial charge in [0.15, 0.2) is 11.8 Å². The van der Waals surface area contributed by atoms with Gasteiger partial charge in [-0.15, -0.1) is 0 Å². The molecule has 0 saturated carbocycles. The van der Waals surface area contributed by atoms with Crippen LogP contribution in [0.4, 0.5) is 0 Å². The van der Waals surface area contributed by atoms with Crippen molar-refractivity contribution in [2.24, 2.45) is 11.5 Å². The van der Waals surface area contributed by atoms with E-state index in [1.165, 1.54) is 0 Å². The Kier molecular flexibility index (Phi) is 3.19. The Bertz CT molecular complexity index is 112. The predicted octanol–water partition coefficient (Wildman–Crippen LogP) is -0.854. The first kappa shape index (κ1) is 7.74. The quantitative estimate of drug-likeness (QED) is 0.382. The van der Waals surface area contributed by atoms with Crippen LogP contribution in [0.15, 0.2) is 24.9 Å². The molecule has 0 fully saturated rings. The zero-order chi connectivity index (χ0) is 7.28. The summed E-state index contributed by atoms with van der Waals surface area (Å²) in [6.07, 6.45) is 0. The fraction of sp³-hybridized carbons (Fsp3) is 0. The molecule has 5 heteroatoms. The number of hydrogen-bond donors (Lipinski definition) is 2. The lowest BCUT2D eigenvalue weighted by molar-refractivity contribution is 0.321. The topological polar surface area (TPSA) is 70.5 Å². The third-order valence-corrected chi connectivity index (χ3v) is 0.489. The van der Waals surface area contributed by atoms with Crippen molar-refractivity contribution in [1.82, 2.24) is 0 Å². The maximum atomic E-state index is 5.01. The highest BCUT2D eigenvalue weighted by Crippen LogP contribution is 1.83. The Hall–Kier alpha value is -1.26. The van der Waals surface area contributed by atoms with Crippen molar-refractivity contribution in [1.29, 1.82) is 0 Å². The average molecular weight is 128 g/mol. The van der Waals surface area contributed by atoms with Crippen LogP contribution in [-0.4, -0.2) is 7.69 Å². The Balaban J connectivity index is 3.10. The second-order valence-corrected chi connectivity index (χ2v) is 1.34. The SMILES string of the molecule is C=C(N)OBOC(=C)N. The van der Waals surface area contributed by atoms with Crippen LogP contribution in [0, 0.1) is 0 Å². The van der Waals surface area contributed by atoms with Gasteiger partial charge in [0.05, 0.1) is 0 Å². The first-order valence-electron chi connectivity index (χ1n) is 2.27. The first-order valence-corrected chi connectivity index (χ1v) is 2.27. The van der Waals surface area contributed by atoms with Gasteiger partial charge in [0.25, 0.3) is 0 Å². The zero-order valence-electron chi connectivity index (χ0n) is 5.09. The van der Waals surface area contributed by atoms with E-state index in [1.807, 2.05) is 0 Å². The molecule has 0 saturated heterocycles. The summed E-state index contributed by atoms with van der Waals surface area (Å²) in [6.45, 7) is 6.51. The van der Waals surface area contributed by atoms with Crippen LogP contribution in [0.2, 0.25) is 0 Å². The van der Waals surface area contributed by atoms with Gasteiger partial charge in [-0.05, 0) is 13.2 Å². The molecular weight excluding hydrogens is 119 g/mol. The van der Waals surface area contributed by atoms with Crippen molar-refractivity contribution >= 4 is 7.69 Å². The van der Waals surface area contributed by atoms with Crippen LogP contribution in [0.5, 0.6) is 0 Å². The third kappa shape index (κ3) is 6.74. The molecule has 0 rings (SSSR count). The molecule has 0 aromatic carbocycles. The molecule has 0 aromatic heterocycles. The Morgan fingerprint density at radius 3 is 1.67 bits per heavy atom. The highest BCUT2D eigenvalue weighted by molar-refractivity contribution is 6.18. The lowest BCUT2D eigenvalue weighted by atomic mass is 10.4. The minimum Gasteiger partial charge on any atom is -0.517 e. The van der Waals surface area contributed by atoms with Crippen LogP contribution in [0.25, 0.3) is 0 Å². The maximum Gasteiger partial charge on any atom is 0.578 e. The molecule has 0 aromatic rings. The van der Waals surface area contributed by atoms with E-state index >= 15 is 0 Å². The summed E-state index contributed by atoms with van der Waals surface area (Å²) in [5, 5.41) is 0. The first-order chi connectivity index (χ1) is 4.13. The van der Waals surface area contributed by atoms with Gasteiger partial charge in [-0.1, -0.05) is 0 Å². The molecule has 4 N–H and O–H groups in total. The van der Waals surface area contributed by atoms with Gasteiger partial charge >= 0.3 is 7.69 Å². The summed E-state index contributed by atoms with van der Waals surface area (Å²) in [7, 11) is -0.0370. The number of hydrogen-bond acceptors (Lipinski definition) is 4. The van der Waals surface area contributed by atoms with Crippen LogP contribution in [0.1, 0.15) is 0 Å². The molecule has 0 atom stereocenters. The minimum absolute atomic E-state index is 0.0370. The highest BCUT2D eigenvalue weighted by atomic mass is 16.6. The van der Waals surface area contributed by atoms with Crippen molar-refractivity contribution in [2.45, 2.75) is 0 Å². The average Bonchev–Trinajstić information content (AvgIpc) is 1.63. The molecule has 9 heavy (non-hydrogen) atoms. The van der Waals surface area contributed by atoms with E-state index in [0.717, 1.165) is 0 Å². The van der Waals surface area contributed by atoms with Gasteiger partial charge in [0.2, 0.25) is 0 Å². The van der Waals surface area contributed by atoms with Crippen molar-refractivity contribution in [3.63, 3.8) is 0 Å². The van der Waals surface area contributed by atoms with Gasteiger partial charge in [0, 0.05) is 0 Å². The monoisotopic (exact) mass is 128 g/mol. The van der Waals surface area contributed by atoms with Gasteiger partial charge in [-0.25, -0.2) is 0 Å². The fourth-order valence-corrected chi connectivity index (χ4v) is 0.181. The van der Waals surface area contributed by atoms with E-state index < -0.39 is 0 Å². The largest absolute Gasteiger partial charge is 0.578 e. The van der Waals surface area contributed by atoms with Crippen LogP contribution in [0.3, 0.4) is 0 Å². The Morgan fingerprint density at radius 2 is 1.44 bits per heavy atom. The van der Waals surface area contributed by atoms with Crippen molar-refractivity contribution in [3.05, 3.63) is 24.9 Å². The van der Waals surface area contributed by atoms with E-state index in [0.29, 0.717) is 0 Å². The molecule has 0 unspecified atom stereocenters. The maximum absolute atomic E-state index is 5.01. The molecular formula is C4H9BN2O2. The van der Waals surface area contributed by atoms with Crippen molar-refractivity contribution in [2.75, 3.05) is 0 Å². The molecule has 0 heterocycles. The van der Waals surface area contributed by atoms with Gasteiger partial charge in [-0.3, -0.25) is 0 Å². The lowest BCUT2D eigenvalue weighted by Gasteiger charge is -2.03. The predicted molar refractivity (Wildman–Crippen MR) is 36.0 cm³/mol. The summed E-state index contributed by atoms with van der Waals surface area (Å²) < 4.78 is 9.15.